The van der Waals surface area contributed by atoms with Crippen LogP contribution in [0.5, 0.6) is 0 Å². The monoisotopic (exact) mass is 152 g/mol. The lowest BCUT2D eigenvalue weighted by Crippen LogP contribution is -2.16. The van der Waals surface area contributed by atoms with Crippen molar-refractivity contribution in [2.75, 3.05) is 0 Å². The van der Waals surface area contributed by atoms with Crippen molar-refractivity contribution in [2.45, 2.75) is 6.61 Å². The van der Waals surface area contributed by atoms with E-state index in [9.17, 15) is 0 Å². The molecule has 4 heteroatoms. The molecule has 0 aliphatic heterocycles. The lowest BCUT2D eigenvalue weighted by Gasteiger charge is -2.00. The van der Waals surface area contributed by atoms with Crippen molar-refractivity contribution >= 4 is 7.32 Å². The highest BCUT2D eigenvalue weighted by atomic mass is 16.6. The fraction of sp³-hybridized carbons (Fsp3) is 0.143. The minimum absolute atomic E-state index is 0.221. The summed E-state index contributed by atoms with van der Waals surface area (Å²) in [4.78, 5) is 0. The summed E-state index contributed by atoms with van der Waals surface area (Å²) in [5, 5.41) is 16.7. The summed E-state index contributed by atoms with van der Waals surface area (Å²) in [5.41, 5.74) is 0.917. The van der Waals surface area contributed by atoms with E-state index in [0.717, 1.165) is 5.56 Å². The second-order valence-corrected chi connectivity index (χ2v) is 2.12. The summed E-state index contributed by atoms with van der Waals surface area (Å²) < 4.78 is 4.54. The normalized spacial score (nSPS) is 9.64. The van der Waals surface area contributed by atoms with Crippen molar-refractivity contribution in [1.29, 1.82) is 0 Å². The van der Waals surface area contributed by atoms with Gasteiger partial charge < -0.3 is 14.7 Å². The van der Waals surface area contributed by atoms with Gasteiger partial charge in [-0.3, -0.25) is 0 Å². The molecule has 1 aromatic rings. The van der Waals surface area contributed by atoms with E-state index in [1.54, 1.807) is 0 Å². The first kappa shape index (κ1) is 8.26. The van der Waals surface area contributed by atoms with Gasteiger partial charge in [-0.15, -0.1) is 0 Å². The molecular formula is C7H9BO3. The highest BCUT2D eigenvalue weighted by Crippen LogP contribution is 1.99. The van der Waals surface area contributed by atoms with Crippen LogP contribution in [0.1, 0.15) is 5.56 Å². The molecule has 0 aliphatic rings. The number of rotatable bonds is 3. The van der Waals surface area contributed by atoms with Crippen molar-refractivity contribution < 1.29 is 14.7 Å². The second kappa shape index (κ2) is 4.13. The lowest BCUT2D eigenvalue weighted by atomic mass is 10.2. The van der Waals surface area contributed by atoms with Crippen LogP contribution in [-0.4, -0.2) is 17.4 Å². The van der Waals surface area contributed by atoms with Gasteiger partial charge in [0, 0.05) is 0 Å². The average molecular weight is 152 g/mol. The standard InChI is InChI=1S/C7H9BO3/c9-8(10)11-6-7-4-2-1-3-5-7/h1-5,9-10H,6H2. The van der Waals surface area contributed by atoms with Crippen molar-refractivity contribution in [3.05, 3.63) is 35.9 Å². The quantitative estimate of drug-likeness (QED) is 0.607. The molecule has 0 saturated heterocycles. The number of hydrogen-bond acceptors (Lipinski definition) is 3. The molecule has 0 saturated carbocycles. The molecule has 0 atom stereocenters. The number of benzene rings is 1. The Labute approximate surface area is 65.4 Å². The van der Waals surface area contributed by atoms with Gasteiger partial charge in [0.05, 0.1) is 6.61 Å². The molecule has 11 heavy (non-hydrogen) atoms. The summed E-state index contributed by atoms with van der Waals surface area (Å²) >= 11 is 0. The molecule has 1 aromatic carbocycles. The first-order chi connectivity index (χ1) is 5.29. The molecule has 0 unspecified atom stereocenters. The molecule has 1 rings (SSSR count). The molecule has 58 valence electrons. The maximum Gasteiger partial charge on any atom is 0.634 e. The van der Waals surface area contributed by atoms with E-state index in [1.807, 2.05) is 30.3 Å². The minimum Gasteiger partial charge on any atom is -0.402 e. The largest absolute Gasteiger partial charge is 0.634 e. The van der Waals surface area contributed by atoms with Crippen LogP contribution in [0.25, 0.3) is 0 Å². The smallest absolute Gasteiger partial charge is 0.402 e. The van der Waals surface area contributed by atoms with E-state index in [4.69, 9.17) is 10.0 Å². The van der Waals surface area contributed by atoms with Crippen LogP contribution in [0.15, 0.2) is 30.3 Å². The van der Waals surface area contributed by atoms with Crippen LogP contribution in [0, 0.1) is 0 Å². The van der Waals surface area contributed by atoms with Crippen molar-refractivity contribution in [3.8, 4) is 0 Å². The molecule has 0 heterocycles. The van der Waals surface area contributed by atoms with E-state index in [1.165, 1.54) is 0 Å². The van der Waals surface area contributed by atoms with Crippen LogP contribution >= 0.6 is 0 Å². The third-order valence-corrected chi connectivity index (χ3v) is 1.24. The SMILES string of the molecule is OB(O)OCc1ccccc1. The van der Waals surface area contributed by atoms with Crippen LogP contribution in [0.2, 0.25) is 0 Å². The number of hydrogen-bond donors (Lipinski definition) is 2. The van der Waals surface area contributed by atoms with Crippen LogP contribution in [0.3, 0.4) is 0 Å². The second-order valence-electron chi connectivity index (χ2n) is 2.12. The Morgan fingerprint density at radius 1 is 1.18 bits per heavy atom. The highest BCUT2D eigenvalue weighted by molar-refractivity contribution is 6.32. The van der Waals surface area contributed by atoms with Crippen molar-refractivity contribution in [2.24, 2.45) is 0 Å². The summed E-state index contributed by atoms with van der Waals surface area (Å²) in [5.74, 6) is 0. The van der Waals surface area contributed by atoms with E-state index < -0.39 is 7.32 Å². The van der Waals surface area contributed by atoms with Gasteiger partial charge in [0.2, 0.25) is 0 Å². The first-order valence-corrected chi connectivity index (χ1v) is 3.31. The summed E-state index contributed by atoms with van der Waals surface area (Å²) in [6, 6.07) is 9.31. The van der Waals surface area contributed by atoms with Crippen LogP contribution < -0.4 is 0 Å². The highest BCUT2D eigenvalue weighted by Gasteiger charge is 2.07. The van der Waals surface area contributed by atoms with E-state index in [-0.39, 0.29) is 6.61 Å². The van der Waals surface area contributed by atoms with Gasteiger partial charge in [-0.1, -0.05) is 30.3 Å². The minimum atomic E-state index is -1.68. The first-order valence-electron chi connectivity index (χ1n) is 3.31. The molecule has 0 radical (unpaired) electrons. The Morgan fingerprint density at radius 3 is 2.36 bits per heavy atom. The Morgan fingerprint density at radius 2 is 1.82 bits per heavy atom. The fourth-order valence-electron chi connectivity index (χ4n) is 0.745. The lowest BCUT2D eigenvalue weighted by molar-refractivity contribution is 0.177. The predicted octanol–water partition coefficient (Wildman–Crippen LogP) is 0.173. The van der Waals surface area contributed by atoms with Gasteiger partial charge in [-0.25, -0.2) is 0 Å². The fourth-order valence-corrected chi connectivity index (χ4v) is 0.745. The van der Waals surface area contributed by atoms with Crippen molar-refractivity contribution in [3.63, 3.8) is 0 Å². The summed E-state index contributed by atoms with van der Waals surface area (Å²) in [7, 11) is -1.68. The van der Waals surface area contributed by atoms with E-state index in [0.29, 0.717) is 0 Å². The van der Waals surface area contributed by atoms with Gasteiger partial charge in [0.15, 0.2) is 0 Å². The molecule has 0 amide bonds. The zero-order valence-corrected chi connectivity index (χ0v) is 5.97. The van der Waals surface area contributed by atoms with E-state index >= 15 is 0 Å². The molecule has 0 spiro atoms. The van der Waals surface area contributed by atoms with Gasteiger partial charge in [-0.05, 0) is 5.56 Å². The summed E-state index contributed by atoms with van der Waals surface area (Å²) in [6.07, 6.45) is 0. The Kier molecular flexibility index (Phi) is 3.10. The third-order valence-electron chi connectivity index (χ3n) is 1.24. The van der Waals surface area contributed by atoms with Crippen LogP contribution in [-0.2, 0) is 11.3 Å². The summed E-state index contributed by atoms with van der Waals surface area (Å²) in [6.45, 7) is 0.221. The van der Waals surface area contributed by atoms with E-state index in [2.05, 4.69) is 4.65 Å². The Bertz CT molecular complexity index is 200. The maximum absolute atomic E-state index is 8.35. The molecular weight excluding hydrogens is 143 g/mol. The molecule has 0 aliphatic carbocycles. The van der Waals surface area contributed by atoms with Crippen LogP contribution in [0.4, 0.5) is 0 Å². The Hall–Kier alpha value is -0.835. The van der Waals surface area contributed by atoms with Gasteiger partial charge in [-0.2, -0.15) is 0 Å². The maximum atomic E-state index is 8.35. The molecule has 2 N–H and O–H groups in total. The van der Waals surface area contributed by atoms with Gasteiger partial charge in [0.1, 0.15) is 0 Å². The topological polar surface area (TPSA) is 49.7 Å². The average Bonchev–Trinajstić information content (AvgIpc) is 2.03. The molecule has 0 aromatic heterocycles. The zero-order chi connectivity index (χ0) is 8.10. The van der Waals surface area contributed by atoms with Crippen molar-refractivity contribution in [1.82, 2.24) is 0 Å². The van der Waals surface area contributed by atoms with Gasteiger partial charge in [0.25, 0.3) is 0 Å². The van der Waals surface area contributed by atoms with Gasteiger partial charge >= 0.3 is 7.32 Å². The molecule has 3 nitrogen and oxygen atoms in total. The Balaban J connectivity index is 2.39. The zero-order valence-electron chi connectivity index (χ0n) is 5.97. The molecule has 0 bridgehead atoms. The third kappa shape index (κ3) is 3.18. The molecule has 0 fully saturated rings. The predicted molar refractivity (Wildman–Crippen MR) is 41.4 cm³/mol.